The summed E-state index contributed by atoms with van der Waals surface area (Å²) in [5.41, 5.74) is 2.98. The van der Waals surface area contributed by atoms with Gasteiger partial charge in [-0.15, -0.1) is 0 Å². The number of pyridine rings is 1. The fourth-order valence-corrected chi connectivity index (χ4v) is 4.08. The third-order valence-corrected chi connectivity index (χ3v) is 5.66. The monoisotopic (exact) mass is 407 g/mol. The number of carbonyl (C=O) groups is 1. The molecule has 0 aliphatic carbocycles. The fourth-order valence-electron chi connectivity index (χ4n) is 4.08. The molecule has 1 saturated heterocycles. The van der Waals surface area contributed by atoms with Crippen LogP contribution in [0.25, 0.3) is 10.9 Å². The lowest BCUT2D eigenvalue weighted by molar-refractivity contribution is -0.131. The molecule has 1 fully saturated rings. The van der Waals surface area contributed by atoms with Crippen LogP contribution < -0.4 is 10.1 Å². The number of ether oxygens (including phenoxy) is 1. The van der Waals surface area contributed by atoms with E-state index in [2.05, 4.69) is 10.3 Å². The van der Waals surface area contributed by atoms with Gasteiger partial charge in [-0.05, 0) is 38.0 Å². The van der Waals surface area contributed by atoms with Gasteiger partial charge in [-0.3, -0.25) is 4.79 Å². The van der Waals surface area contributed by atoms with Crippen LogP contribution >= 0.6 is 0 Å². The van der Waals surface area contributed by atoms with Crippen LogP contribution in [-0.2, 0) is 11.2 Å². The van der Waals surface area contributed by atoms with E-state index in [0.29, 0.717) is 25.0 Å². The SMILES string of the molecule is COc1ccccc1CC(=O)N1CCC(Nc2cc(C)nc3c(F)cccc23)CC1. The second kappa shape index (κ2) is 8.69. The Kier molecular flexibility index (Phi) is 5.84. The molecule has 4 rings (SSSR count). The highest BCUT2D eigenvalue weighted by Gasteiger charge is 2.24. The molecule has 0 unspecified atom stereocenters. The number of methoxy groups -OCH3 is 1. The summed E-state index contributed by atoms with van der Waals surface area (Å²) in [6.07, 6.45) is 2.03. The number of benzene rings is 2. The lowest BCUT2D eigenvalue weighted by atomic mass is 10.0. The smallest absolute Gasteiger partial charge is 0.227 e. The number of para-hydroxylation sites is 2. The van der Waals surface area contributed by atoms with Crippen LogP contribution in [0.5, 0.6) is 5.75 Å². The number of aryl methyl sites for hydroxylation is 1. The normalized spacial score (nSPS) is 14.7. The van der Waals surface area contributed by atoms with Crippen LogP contribution in [0.4, 0.5) is 10.1 Å². The van der Waals surface area contributed by atoms with Crippen molar-refractivity contribution in [1.29, 1.82) is 0 Å². The maximum atomic E-state index is 14.2. The topological polar surface area (TPSA) is 54.5 Å². The van der Waals surface area contributed by atoms with Gasteiger partial charge in [0.25, 0.3) is 0 Å². The van der Waals surface area contributed by atoms with Crippen molar-refractivity contribution in [3.63, 3.8) is 0 Å². The van der Waals surface area contributed by atoms with Crippen LogP contribution in [0.15, 0.2) is 48.5 Å². The highest BCUT2D eigenvalue weighted by atomic mass is 19.1. The van der Waals surface area contributed by atoms with Crippen molar-refractivity contribution in [2.24, 2.45) is 0 Å². The van der Waals surface area contributed by atoms with E-state index < -0.39 is 0 Å². The first-order valence-corrected chi connectivity index (χ1v) is 10.3. The minimum absolute atomic E-state index is 0.116. The zero-order chi connectivity index (χ0) is 21.1. The van der Waals surface area contributed by atoms with E-state index in [1.807, 2.05) is 48.2 Å². The predicted octanol–water partition coefficient (Wildman–Crippen LogP) is 4.34. The van der Waals surface area contributed by atoms with Gasteiger partial charge in [0.1, 0.15) is 17.1 Å². The van der Waals surface area contributed by atoms with Gasteiger partial charge in [0.2, 0.25) is 5.91 Å². The molecule has 1 N–H and O–H groups in total. The van der Waals surface area contributed by atoms with Gasteiger partial charge in [-0.2, -0.15) is 0 Å². The minimum Gasteiger partial charge on any atom is -0.496 e. The standard InChI is InChI=1S/C24H26FN3O2/c1-16-14-21(19-7-5-8-20(25)24(19)26-16)27-18-10-12-28(13-11-18)23(29)15-17-6-3-4-9-22(17)30-2/h3-9,14,18H,10-13,15H2,1-2H3,(H,26,27). The van der Waals surface area contributed by atoms with Gasteiger partial charge in [0, 0.05) is 41.5 Å². The molecule has 6 heteroatoms. The first kappa shape index (κ1) is 20.1. The van der Waals surface area contributed by atoms with Crippen molar-refractivity contribution in [1.82, 2.24) is 9.88 Å². The molecule has 0 radical (unpaired) electrons. The molecule has 0 spiro atoms. The third-order valence-electron chi connectivity index (χ3n) is 5.66. The molecule has 0 atom stereocenters. The Balaban J connectivity index is 1.40. The summed E-state index contributed by atoms with van der Waals surface area (Å²) in [5, 5.41) is 4.34. The maximum absolute atomic E-state index is 14.2. The molecule has 1 aromatic heterocycles. The van der Waals surface area contributed by atoms with Gasteiger partial charge in [-0.1, -0.05) is 30.3 Å². The zero-order valence-corrected chi connectivity index (χ0v) is 17.3. The molecule has 0 bridgehead atoms. The Labute approximate surface area is 175 Å². The van der Waals surface area contributed by atoms with E-state index in [0.717, 1.165) is 40.9 Å². The number of aromatic nitrogens is 1. The molecule has 1 aliphatic rings. The molecule has 2 aromatic carbocycles. The predicted molar refractivity (Wildman–Crippen MR) is 116 cm³/mol. The van der Waals surface area contributed by atoms with E-state index in [1.165, 1.54) is 6.07 Å². The lowest BCUT2D eigenvalue weighted by Crippen LogP contribution is -2.43. The lowest BCUT2D eigenvalue weighted by Gasteiger charge is -2.33. The van der Waals surface area contributed by atoms with Gasteiger partial charge >= 0.3 is 0 Å². The van der Waals surface area contributed by atoms with E-state index in [-0.39, 0.29) is 17.8 Å². The Bertz CT molecular complexity index is 1060. The van der Waals surface area contributed by atoms with Crippen LogP contribution in [0.3, 0.4) is 0 Å². The number of anilines is 1. The van der Waals surface area contributed by atoms with Crippen LogP contribution in [0.2, 0.25) is 0 Å². The van der Waals surface area contributed by atoms with Gasteiger partial charge in [0.15, 0.2) is 0 Å². The van der Waals surface area contributed by atoms with Crippen molar-refractivity contribution < 1.29 is 13.9 Å². The van der Waals surface area contributed by atoms with Crippen LogP contribution in [0, 0.1) is 12.7 Å². The Morgan fingerprint density at radius 2 is 1.97 bits per heavy atom. The van der Waals surface area contributed by atoms with Crippen molar-refractivity contribution in [3.8, 4) is 5.75 Å². The second-order valence-corrected chi connectivity index (χ2v) is 7.74. The molecule has 1 aliphatic heterocycles. The van der Waals surface area contributed by atoms with E-state index in [1.54, 1.807) is 13.2 Å². The molecule has 30 heavy (non-hydrogen) atoms. The zero-order valence-electron chi connectivity index (χ0n) is 17.3. The summed E-state index contributed by atoms with van der Waals surface area (Å²) >= 11 is 0. The first-order chi connectivity index (χ1) is 14.5. The van der Waals surface area contributed by atoms with Crippen molar-refractivity contribution in [3.05, 3.63) is 65.6 Å². The molecule has 156 valence electrons. The van der Waals surface area contributed by atoms with Crippen molar-refractivity contribution in [2.75, 3.05) is 25.5 Å². The fraction of sp³-hybridized carbons (Fsp3) is 0.333. The van der Waals surface area contributed by atoms with Crippen molar-refractivity contribution in [2.45, 2.75) is 32.2 Å². The quantitative estimate of drug-likeness (QED) is 0.684. The number of carbonyl (C=O) groups excluding carboxylic acids is 1. The van der Waals surface area contributed by atoms with Gasteiger partial charge in [-0.25, -0.2) is 9.37 Å². The highest BCUT2D eigenvalue weighted by Crippen LogP contribution is 2.27. The molecule has 1 amide bonds. The molecular weight excluding hydrogens is 381 g/mol. The third kappa shape index (κ3) is 4.22. The average molecular weight is 407 g/mol. The number of likely N-dealkylation sites (tertiary alicyclic amines) is 1. The number of hydrogen-bond donors (Lipinski definition) is 1. The number of fused-ring (bicyclic) bond motifs is 1. The van der Waals surface area contributed by atoms with Gasteiger partial charge in [0.05, 0.1) is 13.5 Å². The van der Waals surface area contributed by atoms with E-state index in [9.17, 15) is 9.18 Å². The summed E-state index contributed by atoms with van der Waals surface area (Å²) in [4.78, 5) is 19.0. The first-order valence-electron chi connectivity index (χ1n) is 10.3. The van der Waals surface area contributed by atoms with Crippen LogP contribution in [-0.4, -0.2) is 42.0 Å². The number of amides is 1. The number of rotatable bonds is 5. The summed E-state index contributed by atoms with van der Waals surface area (Å²) in [7, 11) is 1.62. The second-order valence-electron chi connectivity index (χ2n) is 7.74. The number of piperidine rings is 1. The summed E-state index contributed by atoms with van der Waals surface area (Å²) < 4.78 is 19.5. The van der Waals surface area contributed by atoms with Crippen molar-refractivity contribution >= 4 is 22.5 Å². The van der Waals surface area contributed by atoms with Gasteiger partial charge < -0.3 is 15.0 Å². The Morgan fingerprint density at radius 1 is 1.20 bits per heavy atom. The molecule has 5 nitrogen and oxygen atoms in total. The van der Waals surface area contributed by atoms with E-state index in [4.69, 9.17) is 4.74 Å². The van der Waals surface area contributed by atoms with E-state index >= 15 is 0 Å². The molecular formula is C24H26FN3O2. The highest BCUT2D eigenvalue weighted by molar-refractivity contribution is 5.92. The number of nitrogens with zero attached hydrogens (tertiary/aromatic N) is 2. The number of halogens is 1. The largest absolute Gasteiger partial charge is 0.496 e. The minimum atomic E-state index is -0.309. The summed E-state index contributed by atoms with van der Waals surface area (Å²) in [5.74, 6) is 0.552. The number of nitrogens with one attached hydrogen (secondary N) is 1. The average Bonchev–Trinajstić information content (AvgIpc) is 2.75. The molecule has 2 heterocycles. The summed E-state index contributed by atoms with van der Waals surface area (Å²) in [6.45, 7) is 3.26. The molecule has 3 aromatic rings. The molecule has 0 saturated carbocycles. The Morgan fingerprint density at radius 3 is 2.73 bits per heavy atom. The Hall–Kier alpha value is -3.15. The number of hydrogen-bond acceptors (Lipinski definition) is 4. The summed E-state index contributed by atoms with van der Waals surface area (Å²) in [6, 6.07) is 14.9. The maximum Gasteiger partial charge on any atom is 0.227 e. The van der Waals surface area contributed by atoms with Crippen LogP contribution in [0.1, 0.15) is 24.1 Å².